The molecule has 0 spiro atoms. The van der Waals surface area contributed by atoms with Crippen LogP contribution in [0.5, 0.6) is 0 Å². The van der Waals surface area contributed by atoms with Gasteiger partial charge in [0.2, 0.25) is 5.91 Å². The number of likely N-dealkylation sites (N-methyl/N-ethyl adjacent to an activating group) is 1. The molecule has 0 N–H and O–H groups in total. The van der Waals surface area contributed by atoms with Crippen LogP contribution in [0.25, 0.3) is 0 Å². The number of anilines is 1. The molecule has 0 aromatic heterocycles. The Balaban J connectivity index is 1.48. The minimum Gasteiger partial charge on any atom is -0.370 e. The summed E-state index contributed by atoms with van der Waals surface area (Å²) in [5.41, 5.74) is 1.09. The zero-order chi connectivity index (χ0) is 19.4. The van der Waals surface area contributed by atoms with E-state index < -0.39 is 0 Å². The van der Waals surface area contributed by atoms with Crippen molar-refractivity contribution in [2.75, 3.05) is 44.7 Å². The molecule has 2 saturated heterocycles. The molecule has 3 rings (SSSR count). The molecule has 2 fully saturated rings. The number of carbonyl (C=O) groups is 1. The third-order valence-electron chi connectivity index (χ3n) is 6.23. The van der Waals surface area contributed by atoms with Gasteiger partial charge in [0.25, 0.3) is 0 Å². The van der Waals surface area contributed by atoms with Crippen LogP contribution in [-0.4, -0.2) is 61.5 Å². The highest BCUT2D eigenvalue weighted by atomic mass is 16.2. The molecule has 150 valence electrons. The molecule has 0 unspecified atom stereocenters. The van der Waals surface area contributed by atoms with Crippen molar-refractivity contribution >= 4 is 11.6 Å². The summed E-state index contributed by atoms with van der Waals surface area (Å²) in [6, 6.07) is 11.4. The largest absolute Gasteiger partial charge is 0.370 e. The van der Waals surface area contributed by atoms with Crippen LogP contribution in [0.4, 0.5) is 5.69 Å². The van der Waals surface area contributed by atoms with Crippen molar-refractivity contribution in [2.45, 2.75) is 52.5 Å². The summed E-state index contributed by atoms with van der Waals surface area (Å²) in [6.07, 6.45) is 4.84. The number of hydrogen-bond donors (Lipinski definition) is 0. The molecule has 0 radical (unpaired) electrons. The molecule has 0 aliphatic carbocycles. The number of rotatable bonds is 4. The lowest BCUT2D eigenvalue weighted by molar-refractivity contribution is -0.141. The zero-order valence-corrected chi connectivity index (χ0v) is 17.7. The smallest absolute Gasteiger partial charge is 0.227 e. The van der Waals surface area contributed by atoms with Gasteiger partial charge in [0.1, 0.15) is 0 Å². The third kappa shape index (κ3) is 5.25. The van der Waals surface area contributed by atoms with E-state index >= 15 is 0 Å². The number of carbonyl (C=O) groups excluding carboxylic acids is 1. The Bertz CT molecular complexity index is 602. The van der Waals surface area contributed by atoms with E-state index in [2.05, 4.69) is 52.1 Å². The van der Waals surface area contributed by atoms with Crippen LogP contribution in [0, 0.1) is 11.3 Å². The quantitative estimate of drug-likeness (QED) is 0.804. The van der Waals surface area contributed by atoms with E-state index in [4.69, 9.17) is 0 Å². The molecule has 1 aromatic carbocycles. The summed E-state index contributed by atoms with van der Waals surface area (Å²) in [7, 11) is 2.30. The Morgan fingerprint density at radius 1 is 1.07 bits per heavy atom. The number of para-hydroxylation sites is 1. The molecule has 2 aliphatic heterocycles. The van der Waals surface area contributed by atoms with Crippen molar-refractivity contribution in [1.29, 1.82) is 0 Å². The van der Waals surface area contributed by atoms with Crippen LogP contribution in [0.15, 0.2) is 30.3 Å². The first-order valence-electron chi connectivity index (χ1n) is 10.6. The fourth-order valence-corrected chi connectivity index (χ4v) is 4.54. The Hall–Kier alpha value is -1.55. The highest BCUT2D eigenvalue weighted by Gasteiger charge is 2.31. The molecule has 1 amide bonds. The van der Waals surface area contributed by atoms with E-state index in [9.17, 15) is 4.79 Å². The monoisotopic (exact) mass is 371 g/mol. The second-order valence-corrected chi connectivity index (χ2v) is 9.50. The van der Waals surface area contributed by atoms with E-state index in [1.807, 2.05) is 20.8 Å². The Morgan fingerprint density at radius 3 is 2.37 bits per heavy atom. The third-order valence-corrected chi connectivity index (χ3v) is 6.23. The van der Waals surface area contributed by atoms with Crippen molar-refractivity contribution in [3.63, 3.8) is 0 Å². The molecule has 2 heterocycles. The van der Waals surface area contributed by atoms with Crippen molar-refractivity contribution in [1.82, 2.24) is 9.80 Å². The zero-order valence-electron chi connectivity index (χ0n) is 17.7. The van der Waals surface area contributed by atoms with Crippen molar-refractivity contribution in [3.05, 3.63) is 30.3 Å². The highest BCUT2D eigenvalue weighted by Crippen LogP contribution is 2.26. The summed E-state index contributed by atoms with van der Waals surface area (Å²) < 4.78 is 0. The highest BCUT2D eigenvalue weighted by molar-refractivity contribution is 5.81. The average molecular weight is 372 g/mol. The van der Waals surface area contributed by atoms with Gasteiger partial charge in [-0.2, -0.15) is 0 Å². The predicted octanol–water partition coefficient (Wildman–Crippen LogP) is 3.87. The lowest BCUT2D eigenvalue weighted by atomic mass is 9.90. The van der Waals surface area contributed by atoms with Crippen molar-refractivity contribution < 1.29 is 4.79 Å². The van der Waals surface area contributed by atoms with E-state index in [0.29, 0.717) is 17.9 Å². The molecule has 2 aliphatic rings. The first-order chi connectivity index (χ1) is 12.8. The second-order valence-electron chi connectivity index (χ2n) is 9.50. The maximum atomic E-state index is 12.5. The number of likely N-dealkylation sites (tertiary alicyclic amines) is 1. The fourth-order valence-electron chi connectivity index (χ4n) is 4.54. The minimum absolute atomic E-state index is 0.257. The molecule has 27 heavy (non-hydrogen) atoms. The average Bonchev–Trinajstić information content (AvgIpc) is 2.68. The standard InChI is InChI=1S/C23H37N3O/c1-23(2,3)22(27)25-15-12-19(13-16-25)17-24(4)21-11-8-14-26(18-21)20-9-6-5-7-10-20/h5-7,9-10,19,21H,8,11-18H2,1-4H3/t21-/m1/s1. The summed E-state index contributed by atoms with van der Waals surface area (Å²) >= 11 is 0. The summed E-state index contributed by atoms with van der Waals surface area (Å²) in [6.45, 7) is 11.4. The van der Waals surface area contributed by atoms with Gasteiger partial charge < -0.3 is 14.7 Å². The summed E-state index contributed by atoms with van der Waals surface area (Å²) in [5.74, 6) is 1.02. The topological polar surface area (TPSA) is 26.8 Å². The molecular formula is C23H37N3O. The number of amides is 1. The van der Waals surface area contributed by atoms with Gasteiger partial charge in [-0.3, -0.25) is 4.79 Å². The summed E-state index contributed by atoms with van der Waals surface area (Å²) in [4.78, 5) is 19.7. The van der Waals surface area contributed by atoms with E-state index in [1.54, 1.807) is 0 Å². The van der Waals surface area contributed by atoms with Gasteiger partial charge in [-0.15, -0.1) is 0 Å². The molecular weight excluding hydrogens is 334 g/mol. The maximum absolute atomic E-state index is 12.5. The number of hydrogen-bond acceptors (Lipinski definition) is 3. The van der Waals surface area contributed by atoms with E-state index in [1.165, 1.54) is 25.1 Å². The van der Waals surface area contributed by atoms with Gasteiger partial charge >= 0.3 is 0 Å². The van der Waals surface area contributed by atoms with Crippen LogP contribution in [0.2, 0.25) is 0 Å². The lowest BCUT2D eigenvalue weighted by Crippen LogP contribution is -2.49. The minimum atomic E-state index is -0.257. The molecule has 4 heteroatoms. The van der Waals surface area contributed by atoms with Crippen LogP contribution >= 0.6 is 0 Å². The van der Waals surface area contributed by atoms with Gasteiger partial charge in [-0.1, -0.05) is 39.0 Å². The number of nitrogens with zero attached hydrogens (tertiary/aromatic N) is 3. The predicted molar refractivity (Wildman–Crippen MR) is 113 cm³/mol. The first kappa shape index (κ1) is 20.2. The van der Waals surface area contributed by atoms with Gasteiger partial charge in [-0.25, -0.2) is 0 Å². The van der Waals surface area contributed by atoms with E-state index in [-0.39, 0.29) is 5.41 Å². The van der Waals surface area contributed by atoms with Crippen LogP contribution < -0.4 is 4.90 Å². The Morgan fingerprint density at radius 2 is 1.74 bits per heavy atom. The van der Waals surface area contributed by atoms with Gasteiger partial charge in [0.05, 0.1) is 0 Å². The molecule has 1 aromatic rings. The number of benzene rings is 1. The molecule has 1 atom stereocenters. The van der Waals surface area contributed by atoms with E-state index in [0.717, 1.165) is 39.0 Å². The lowest BCUT2D eigenvalue weighted by Gasteiger charge is -2.41. The normalized spacial score (nSPS) is 22.3. The number of piperidine rings is 2. The first-order valence-corrected chi connectivity index (χ1v) is 10.6. The Kier molecular flexibility index (Phi) is 6.46. The van der Waals surface area contributed by atoms with Gasteiger partial charge in [-0.05, 0) is 50.8 Å². The summed E-state index contributed by atoms with van der Waals surface area (Å²) in [5, 5.41) is 0. The molecule has 4 nitrogen and oxygen atoms in total. The fraction of sp³-hybridized carbons (Fsp3) is 0.696. The van der Waals surface area contributed by atoms with Crippen LogP contribution in [0.1, 0.15) is 46.5 Å². The maximum Gasteiger partial charge on any atom is 0.227 e. The van der Waals surface area contributed by atoms with Gasteiger partial charge in [0, 0.05) is 49.9 Å². The SMILES string of the molecule is CN(CC1CCN(C(=O)C(C)(C)C)CC1)[C@@H]1CCCN(c2ccccc2)C1. The molecule has 0 saturated carbocycles. The van der Waals surface area contributed by atoms with Gasteiger partial charge in [0.15, 0.2) is 0 Å². The van der Waals surface area contributed by atoms with Crippen molar-refractivity contribution in [2.24, 2.45) is 11.3 Å². The Labute approximate surface area is 165 Å². The van der Waals surface area contributed by atoms with Crippen LogP contribution in [0.3, 0.4) is 0 Å². The van der Waals surface area contributed by atoms with Crippen LogP contribution in [-0.2, 0) is 4.79 Å². The van der Waals surface area contributed by atoms with Crippen molar-refractivity contribution in [3.8, 4) is 0 Å². The molecule has 0 bridgehead atoms. The second kappa shape index (κ2) is 8.64.